The van der Waals surface area contributed by atoms with Crippen LogP contribution in [0.1, 0.15) is 93.4 Å². The normalized spacial score (nSPS) is 20.6. The Kier molecular flexibility index (Phi) is 7.99. The van der Waals surface area contributed by atoms with E-state index in [4.69, 9.17) is 12.2 Å². The lowest BCUT2D eigenvalue weighted by atomic mass is 9.75. The number of piperidine rings is 1. The van der Waals surface area contributed by atoms with E-state index in [1.54, 1.807) is 0 Å². The molecule has 1 aliphatic rings. The summed E-state index contributed by atoms with van der Waals surface area (Å²) in [5, 5.41) is 11.5. The van der Waals surface area contributed by atoms with Gasteiger partial charge in [-0.2, -0.15) is 0 Å². The van der Waals surface area contributed by atoms with Crippen LogP contribution in [0.3, 0.4) is 0 Å². The van der Waals surface area contributed by atoms with Crippen molar-refractivity contribution in [1.29, 1.82) is 0 Å². The zero-order valence-electron chi connectivity index (χ0n) is 17.1. The van der Waals surface area contributed by atoms with Crippen LogP contribution in [0, 0.1) is 5.92 Å². The maximum atomic E-state index is 5.50. The fraction of sp³-hybridized carbons (Fsp3) is 0.950. The maximum Gasteiger partial charge on any atom is 0.166 e. The van der Waals surface area contributed by atoms with E-state index in [0.717, 1.165) is 17.6 Å². The molecule has 1 fully saturated rings. The third-order valence-electron chi connectivity index (χ3n) is 4.97. The molecule has 0 aromatic heterocycles. The van der Waals surface area contributed by atoms with Gasteiger partial charge in [0.1, 0.15) is 0 Å². The molecule has 0 aliphatic carbocycles. The summed E-state index contributed by atoms with van der Waals surface area (Å²) in [5.41, 5.74) is 0.539. The van der Waals surface area contributed by atoms with Crippen LogP contribution in [0.5, 0.6) is 0 Å². The first-order chi connectivity index (χ1) is 10.9. The molecule has 0 radical (unpaired) electrons. The van der Waals surface area contributed by atoms with Crippen LogP contribution in [-0.4, -0.2) is 28.3 Å². The quantitative estimate of drug-likeness (QED) is 0.433. The molecule has 0 unspecified atom stereocenters. The second kappa shape index (κ2) is 8.84. The van der Waals surface area contributed by atoms with Crippen molar-refractivity contribution < 1.29 is 0 Å². The minimum atomic E-state index is 0.0813. The second-order valence-corrected chi connectivity index (χ2v) is 10.1. The number of unbranched alkanes of at least 4 members (excludes halogenated alkanes) is 2. The van der Waals surface area contributed by atoms with Crippen molar-refractivity contribution in [2.24, 2.45) is 5.92 Å². The Labute approximate surface area is 156 Å². The molecule has 3 N–H and O–H groups in total. The average molecular weight is 356 g/mol. The molecule has 142 valence electrons. The predicted octanol–water partition coefficient (Wildman–Crippen LogP) is 4.76. The number of hydrogen-bond donors (Lipinski definition) is 3. The van der Waals surface area contributed by atoms with Crippen molar-refractivity contribution in [3.05, 3.63) is 0 Å². The van der Waals surface area contributed by atoms with Gasteiger partial charge in [0, 0.05) is 23.2 Å². The van der Waals surface area contributed by atoms with Crippen LogP contribution < -0.4 is 16.0 Å². The summed E-state index contributed by atoms with van der Waals surface area (Å²) in [6.45, 7) is 17.0. The summed E-state index contributed by atoms with van der Waals surface area (Å²) in [6, 6.07) is 0. The Morgan fingerprint density at radius 2 is 1.71 bits per heavy atom. The van der Waals surface area contributed by atoms with Crippen LogP contribution in [-0.2, 0) is 0 Å². The third-order valence-corrected chi connectivity index (χ3v) is 5.22. The molecule has 0 aromatic carbocycles. The fourth-order valence-electron chi connectivity index (χ4n) is 4.36. The van der Waals surface area contributed by atoms with Crippen LogP contribution in [0.4, 0.5) is 0 Å². The number of nitrogens with one attached hydrogen (secondary N) is 3. The van der Waals surface area contributed by atoms with Gasteiger partial charge in [-0.05, 0) is 85.4 Å². The van der Waals surface area contributed by atoms with Crippen molar-refractivity contribution in [3.63, 3.8) is 0 Å². The molecular weight excluding hydrogens is 314 g/mol. The number of rotatable bonds is 8. The molecule has 3 nitrogen and oxygen atoms in total. The van der Waals surface area contributed by atoms with E-state index in [1.165, 1.54) is 44.9 Å². The molecule has 0 atom stereocenters. The molecule has 0 aromatic rings. The first kappa shape index (κ1) is 21.7. The summed E-state index contributed by atoms with van der Waals surface area (Å²) in [7, 11) is 0. The highest BCUT2D eigenvalue weighted by atomic mass is 32.1. The lowest BCUT2D eigenvalue weighted by Crippen LogP contribution is -2.58. The van der Waals surface area contributed by atoms with Crippen molar-refractivity contribution in [1.82, 2.24) is 16.0 Å². The first-order valence-corrected chi connectivity index (χ1v) is 10.2. The molecule has 0 saturated carbocycles. The number of hydrogen-bond acceptors (Lipinski definition) is 2. The van der Waals surface area contributed by atoms with Gasteiger partial charge in [0.25, 0.3) is 0 Å². The van der Waals surface area contributed by atoms with Crippen molar-refractivity contribution in [2.45, 2.75) is 110 Å². The van der Waals surface area contributed by atoms with Gasteiger partial charge in [-0.3, -0.25) is 0 Å². The van der Waals surface area contributed by atoms with Gasteiger partial charge < -0.3 is 16.0 Å². The molecule has 4 heteroatoms. The number of thiocarbonyl (C=S) groups is 1. The topological polar surface area (TPSA) is 36.1 Å². The molecule has 24 heavy (non-hydrogen) atoms. The van der Waals surface area contributed by atoms with Gasteiger partial charge >= 0.3 is 0 Å². The maximum absolute atomic E-state index is 5.50. The van der Waals surface area contributed by atoms with Gasteiger partial charge in [-0.25, -0.2) is 0 Å². The highest BCUT2D eigenvalue weighted by Gasteiger charge is 2.37. The monoisotopic (exact) mass is 355 g/mol. The molecule has 1 rings (SSSR count). The zero-order chi connectivity index (χ0) is 18.4. The Morgan fingerprint density at radius 1 is 1.12 bits per heavy atom. The SMILES string of the molecule is CCCCCC(C)(C)NC(=S)NCCC1CC(C)(C)NC(C)(C)C1. The molecule has 0 spiro atoms. The standard InChI is InChI=1S/C20H41N3S/c1-8-9-10-12-18(2,3)22-17(24)21-13-11-16-14-19(4,5)23-20(6,7)15-16/h16,23H,8-15H2,1-7H3,(H2,21,22,24). The van der Waals surface area contributed by atoms with E-state index >= 15 is 0 Å². The Hall–Kier alpha value is -0.350. The molecule has 1 aliphatic heterocycles. The molecule has 0 bridgehead atoms. The Balaban J connectivity index is 2.32. The zero-order valence-corrected chi connectivity index (χ0v) is 18.0. The molecule has 1 heterocycles. The largest absolute Gasteiger partial charge is 0.363 e. The predicted molar refractivity (Wildman–Crippen MR) is 111 cm³/mol. The molecular formula is C20H41N3S. The summed E-state index contributed by atoms with van der Waals surface area (Å²) in [6.07, 6.45) is 8.65. The van der Waals surface area contributed by atoms with Crippen LogP contribution in [0.15, 0.2) is 0 Å². The summed E-state index contributed by atoms with van der Waals surface area (Å²) in [5.74, 6) is 0.754. The van der Waals surface area contributed by atoms with Gasteiger partial charge in [0.15, 0.2) is 5.11 Å². The van der Waals surface area contributed by atoms with E-state index < -0.39 is 0 Å². The van der Waals surface area contributed by atoms with Gasteiger partial charge in [0.2, 0.25) is 0 Å². The first-order valence-electron chi connectivity index (χ1n) is 9.80. The minimum Gasteiger partial charge on any atom is -0.363 e. The van der Waals surface area contributed by atoms with Gasteiger partial charge in [0.05, 0.1) is 0 Å². The van der Waals surface area contributed by atoms with Crippen molar-refractivity contribution >= 4 is 17.3 Å². The van der Waals surface area contributed by atoms with E-state index in [2.05, 4.69) is 64.4 Å². The Morgan fingerprint density at radius 3 is 2.25 bits per heavy atom. The lowest BCUT2D eigenvalue weighted by molar-refractivity contribution is 0.124. The van der Waals surface area contributed by atoms with E-state index in [1.807, 2.05) is 0 Å². The van der Waals surface area contributed by atoms with Crippen molar-refractivity contribution in [2.75, 3.05) is 6.54 Å². The Bertz CT molecular complexity index is 386. The van der Waals surface area contributed by atoms with Gasteiger partial charge in [-0.1, -0.05) is 26.2 Å². The van der Waals surface area contributed by atoms with E-state index in [9.17, 15) is 0 Å². The highest BCUT2D eigenvalue weighted by molar-refractivity contribution is 7.80. The average Bonchev–Trinajstić information content (AvgIpc) is 2.34. The minimum absolute atomic E-state index is 0.0813. The van der Waals surface area contributed by atoms with Gasteiger partial charge in [-0.15, -0.1) is 0 Å². The lowest BCUT2D eigenvalue weighted by Gasteiger charge is -2.46. The van der Waals surface area contributed by atoms with Crippen LogP contribution in [0.2, 0.25) is 0 Å². The molecule has 1 saturated heterocycles. The van der Waals surface area contributed by atoms with E-state index in [0.29, 0.717) is 0 Å². The second-order valence-electron chi connectivity index (χ2n) is 9.68. The summed E-state index contributed by atoms with van der Waals surface area (Å²) >= 11 is 5.50. The molecule has 0 amide bonds. The summed E-state index contributed by atoms with van der Waals surface area (Å²) < 4.78 is 0. The smallest absolute Gasteiger partial charge is 0.166 e. The van der Waals surface area contributed by atoms with E-state index in [-0.39, 0.29) is 16.6 Å². The van der Waals surface area contributed by atoms with Crippen molar-refractivity contribution in [3.8, 4) is 0 Å². The summed E-state index contributed by atoms with van der Waals surface area (Å²) in [4.78, 5) is 0. The van der Waals surface area contributed by atoms with Crippen LogP contribution in [0.25, 0.3) is 0 Å². The highest BCUT2D eigenvalue weighted by Crippen LogP contribution is 2.34. The fourth-order valence-corrected chi connectivity index (χ4v) is 4.74. The van der Waals surface area contributed by atoms with Crippen LogP contribution >= 0.6 is 12.2 Å². The third kappa shape index (κ3) is 8.66.